The Bertz CT molecular complexity index is 1510. The van der Waals surface area contributed by atoms with Crippen molar-refractivity contribution in [3.8, 4) is 23.0 Å². The third-order valence-corrected chi connectivity index (χ3v) is 8.76. The van der Waals surface area contributed by atoms with Crippen molar-refractivity contribution >= 4 is 29.3 Å². The van der Waals surface area contributed by atoms with Gasteiger partial charge in [0.15, 0.2) is 35.4 Å². The van der Waals surface area contributed by atoms with Crippen LogP contribution in [-0.2, 0) is 22.4 Å². The summed E-state index contributed by atoms with van der Waals surface area (Å²) in [5.41, 5.74) is 1.82. The molecule has 5 rings (SSSR count). The molecule has 1 saturated carbocycles. The number of pyridine rings is 1. The molecule has 1 saturated heterocycles. The summed E-state index contributed by atoms with van der Waals surface area (Å²) < 4.78 is 59.9. The van der Waals surface area contributed by atoms with Crippen molar-refractivity contribution in [3.05, 3.63) is 75.5 Å². The van der Waals surface area contributed by atoms with Crippen molar-refractivity contribution in [2.45, 2.75) is 38.5 Å². The fourth-order valence-corrected chi connectivity index (χ4v) is 5.73. The second-order valence-electron chi connectivity index (χ2n) is 11.7. The topological polar surface area (TPSA) is 123 Å². The highest BCUT2D eigenvalue weighted by atomic mass is 35.5. The molecule has 2 aromatic carbocycles. The number of hydrogen-bond donors (Lipinski definition) is 0. The first-order valence-electron chi connectivity index (χ1n) is 15.8. The number of alkyl halides is 2. The Labute approximate surface area is 294 Å². The van der Waals surface area contributed by atoms with E-state index in [0.29, 0.717) is 51.8 Å². The number of rotatable bonds is 16. The number of H-pyrrole nitrogens is 1. The number of methoxy groups -OCH3 is 1. The summed E-state index contributed by atoms with van der Waals surface area (Å²) in [5.74, 6) is 1.54. The van der Waals surface area contributed by atoms with E-state index >= 15 is 0 Å². The average molecular weight is 729 g/mol. The maximum Gasteiger partial charge on any atom is 0.410 e. The second kappa shape index (κ2) is 18.4. The minimum absolute atomic E-state index is 0. The van der Waals surface area contributed by atoms with E-state index in [-0.39, 0.29) is 29.9 Å². The lowest BCUT2D eigenvalue weighted by molar-refractivity contribution is -0.377. The summed E-state index contributed by atoms with van der Waals surface area (Å²) >= 11 is 12.9. The van der Waals surface area contributed by atoms with Crippen molar-refractivity contribution in [1.29, 1.82) is 0 Å². The lowest BCUT2D eigenvalue weighted by atomic mass is 10.0. The van der Waals surface area contributed by atoms with Gasteiger partial charge in [-0.05, 0) is 54.2 Å². The van der Waals surface area contributed by atoms with Crippen LogP contribution < -0.4 is 23.9 Å². The van der Waals surface area contributed by atoms with Crippen LogP contribution in [-0.4, -0.2) is 88.2 Å². The molecule has 1 amide bonds. The molecule has 0 spiro atoms. The molecule has 0 bridgehead atoms. The van der Waals surface area contributed by atoms with Crippen LogP contribution >= 0.6 is 23.2 Å². The zero-order chi connectivity index (χ0) is 34.0. The van der Waals surface area contributed by atoms with Crippen LogP contribution in [0.4, 0.5) is 13.6 Å². The van der Waals surface area contributed by atoms with Crippen molar-refractivity contribution < 1.29 is 52.5 Å². The van der Waals surface area contributed by atoms with Crippen LogP contribution in [0.15, 0.2) is 48.8 Å². The standard InChI is InChI=1S/C34H39Cl2F2N3O7.H2O/c1-40(20-23-5-7-28(31(15-23)43-2)45-14-11-41-9-12-44-13-10-41)34(42)48-30(17-25-26(35)18-39-19-27(25)36)24-6-8-29(47-33(37)38)32(16-24)46-21-22-3-4-22;/h5-8,15-16,18-19,22,30,33H,3-4,9-14,17,20-21H2,1-2H3;1H2/t30-;/m0./s1. The Balaban J connectivity index is 0.00000541. The highest BCUT2D eigenvalue weighted by molar-refractivity contribution is 6.35. The number of carbonyl (C=O) groups is 1. The minimum Gasteiger partial charge on any atom is -0.870 e. The smallest absolute Gasteiger partial charge is 0.410 e. The molecule has 3 aromatic rings. The maximum atomic E-state index is 13.5. The number of nitrogens with zero attached hydrogens (tertiary/aromatic N) is 2. The summed E-state index contributed by atoms with van der Waals surface area (Å²) in [6.45, 7) is 2.00. The molecule has 2 heterocycles. The summed E-state index contributed by atoms with van der Waals surface area (Å²) in [7, 11) is 3.17. The largest absolute Gasteiger partial charge is 0.870 e. The lowest BCUT2D eigenvalue weighted by Crippen LogP contribution is -2.38. The van der Waals surface area contributed by atoms with Gasteiger partial charge in [-0.3, -0.25) is 4.90 Å². The van der Waals surface area contributed by atoms with Crippen LogP contribution in [0.1, 0.15) is 35.6 Å². The lowest BCUT2D eigenvalue weighted by Gasteiger charge is -2.26. The predicted octanol–water partition coefficient (Wildman–Crippen LogP) is 6.29. The number of ether oxygens (including phenoxy) is 6. The SMILES string of the molecule is COc1cc(CN(C)C(=O)O[C@@H](Cc2c(Cl)c[nH+]cc2Cl)c2ccc(OC(F)F)c(OCC3CC3)c2)ccc1OCCN1CCOCC1.[OH-]. The van der Waals surface area contributed by atoms with Crippen molar-refractivity contribution in [1.82, 2.24) is 9.80 Å². The number of hydrogen-bond acceptors (Lipinski definition) is 9. The molecular weight excluding hydrogens is 687 g/mol. The van der Waals surface area contributed by atoms with Crippen LogP contribution in [0.3, 0.4) is 0 Å². The summed E-state index contributed by atoms with van der Waals surface area (Å²) in [6.07, 6.45) is 3.73. The molecule has 2 N–H and O–H groups in total. The van der Waals surface area contributed by atoms with E-state index in [0.717, 1.165) is 51.3 Å². The fraction of sp³-hybridized carbons (Fsp3) is 0.471. The zero-order valence-electron chi connectivity index (χ0n) is 27.3. The van der Waals surface area contributed by atoms with Crippen molar-refractivity contribution in [2.75, 3.05) is 60.2 Å². The molecule has 1 aliphatic carbocycles. The summed E-state index contributed by atoms with van der Waals surface area (Å²) in [4.78, 5) is 20.1. The van der Waals surface area contributed by atoms with E-state index in [1.54, 1.807) is 38.7 Å². The average Bonchev–Trinajstić information content (AvgIpc) is 3.91. The highest BCUT2D eigenvalue weighted by Crippen LogP contribution is 2.38. The summed E-state index contributed by atoms with van der Waals surface area (Å²) in [5, 5.41) is 0.693. The monoisotopic (exact) mass is 727 g/mol. The number of carbonyl (C=O) groups excluding carboxylic acids is 1. The number of amides is 1. The molecule has 268 valence electrons. The van der Waals surface area contributed by atoms with Gasteiger partial charge < -0.3 is 38.8 Å². The number of aromatic amines is 1. The molecule has 1 aliphatic heterocycles. The van der Waals surface area contributed by atoms with E-state index in [1.807, 2.05) is 18.2 Å². The molecule has 0 unspecified atom stereocenters. The van der Waals surface area contributed by atoms with Crippen LogP contribution in [0.25, 0.3) is 0 Å². The van der Waals surface area contributed by atoms with Gasteiger partial charge in [-0.1, -0.05) is 35.3 Å². The van der Waals surface area contributed by atoms with Crippen molar-refractivity contribution in [3.63, 3.8) is 0 Å². The zero-order valence-corrected chi connectivity index (χ0v) is 28.9. The molecule has 2 aliphatic rings. The van der Waals surface area contributed by atoms with Gasteiger partial charge in [0.1, 0.15) is 22.8 Å². The molecule has 1 atom stereocenters. The van der Waals surface area contributed by atoms with Crippen LogP contribution in [0, 0.1) is 5.92 Å². The van der Waals surface area contributed by atoms with Gasteiger partial charge in [-0.25, -0.2) is 9.78 Å². The first-order chi connectivity index (χ1) is 23.2. The van der Waals surface area contributed by atoms with E-state index in [9.17, 15) is 13.6 Å². The Hall–Kier alpha value is -3.62. The van der Waals surface area contributed by atoms with Crippen LogP contribution in [0.5, 0.6) is 23.0 Å². The third-order valence-electron chi connectivity index (χ3n) is 8.08. The molecule has 15 heteroatoms. The quantitative estimate of drug-likeness (QED) is 0.167. The first kappa shape index (κ1) is 38.2. The van der Waals surface area contributed by atoms with Gasteiger partial charge in [0.25, 0.3) is 0 Å². The van der Waals surface area contributed by atoms with E-state index in [1.165, 1.54) is 11.0 Å². The van der Waals surface area contributed by atoms with E-state index < -0.39 is 18.8 Å². The fourth-order valence-electron chi connectivity index (χ4n) is 5.20. The van der Waals surface area contributed by atoms with Gasteiger partial charge in [0.2, 0.25) is 0 Å². The number of aromatic nitrogens is 1. The Morgan fingerprint density at radius 1 is 1.02 bits per heavy atom. The number of nitrogens with one attached hydrogen (secondary N) is 1. The van der Waals surface area contributed by atoms with Gasteiger partial charge in [-0.2, -0.15) is 8.78 Å². The second-order valence-corrected chi connectivity index (χ2v) is 12.5. The number of benzene rings is 2. The molecule has 0 radical (unpaired) electrons. The molecule has 11 nitrogen and oxygen atoms in total. The Morgan fingerprint density at radius 3 is 2.41 bits per heavy atom. The summed E-state index contributed by atoms with van der Waals surface area (Å²) in [6, 6.07) is 9.98. The van der Waals surface area contributed by atoms with Gasteiger partial charge >= 0.3 is 12.7 Å². The Morgan fingerprint density at radius 2 is 1.73 bits per heavy atom. The highest BCUT2D eigenvalue weighted by Gasteiger charge is 2.27. The normalized spacial score (nSPS) is 15.2. The van der Waals surface area contributed by atoms with Crippen LogP contribution in [0.2, 0.25) is 10.0 Å². The van der Waals surface area contributed by atoms with Gasteiger partial charge in [-0.15, -0.1) is 0 Å². The molecule has 1 aromatic heterocycles. The van der Waals surface area contributed by atoms with Gasteiger partial charge in [0, 0.05) is 45.2 Å². The van der Waals surface area contributed by atoms with E-state index in [4.69, 9.17) is 51.6 Å². The van der Waals surface area contributed by atoms with Crippen molar-refractivity contribution in [2.24, 2.45) is 5.92 Å². The number of morpholine rings is 1. The predicted molar refractivity (Wildman–Crippen MR) is 176 cm³/mol. The molecular formula is C34H41Cl2F2N3O8. The third kappa shape index (κ3) is 11.2. The van der Waals surface area contributed by atoms with Gasteiger partial charge in [0.05, 0.1) is 26.9 Å². The number of halogens is 4. The van der Waals surface area contributed by atoms with E-state index in [2.05, 4.69) is 9.88 Å². The first-order valence-corrected chi connectivity index (χ1v) is 16.5. The molecule has 49 heavy (non-hydrogen) atoms. The molecule has 2 fully saturated rings. The maximum absolute atomic E-state index is 13.5. The minimum atomic E-state index is -3.03. The Kier molecular flexibility index (Phi) is 14.3.